The molecule has 0 aliphatic rings. The molecule has 0 aromatic carbocycles. The van der Waals surface area contributed by atoms with Crippen LogP contribution in [0.3, 0.4) is 0 Å². The van der Waals surface area contributed by atoms with Gasteiger partial charge in [-0.2, -0.15) is 11.8 Å². The number of nitrogens with one attached hydrogen (secondary N) is 1. The van der Waals surface area contributed by atoms with E-state index in [0.717, 1.165) is 11.5 Å². The second-order valence-corrected chi connectivity index (χ2v) is 2.75. The molecule has 0 radical (unpaired) electrons. The molecule has 0 unspecified atom stereocenters. The van der Waals surface area contributed by atoms with Crippen molar-refractivity contribution in [2.24, 2.45) is 5.16 Å². The summed E-state index contributed by atoms with van der Waals surface area (Å²) >= 11 is 1.63. The zero-order valence-electron chi connectivity index (χ0n) is 6.88. The summed E-state index contributed by atoms with van der Waals surface area (Å²) in [5.74, 6) is 0.775. The van der Waals surface area contributed by atoms with Gasteiger partial charge in [0.15, 0.2) is 0 Å². The summed E-state index contributed by atoms with van der Waals surface area (Å²) in [6.45, 7) is 1.80. The highest BCUT2D eigenvalue weighted by Gasteiger charge is 1.95. The van der Waals surface area contributed by atoms with E-state index in [1.165, 1.54) is 7.05 Å². The number of rotatable bonds is 3. The third-order valence-electron chi connectivity index (χ3n) is 0.842. The molecule has 4 nitrogen and oxygen atoms in total. The van der Waals surface area contributed by atoms with Crippen LogP contribution in [-0.2, 0) is 4.84 Å². The molecule has 0 rings (SSSR count). The van der Waals surface area contributed by atoms with Crippen molar-refractivity contribution in [1.82, 2.24) is 5.32 Å². The Morgan fingerprint density at radius 1 is 1.73 bits per heavy atom. The normalized spacial score (nSPS) is 11.0. The number of oxime groups is 1. The lowest BCUT2D eigenvalue weighted by Gasteiger charge is -1.96. The average Bonchev–Trinajstić information content (AvgIpc) is 2.01. The number of amides is 1. The van der Waals surface area contributed by atoms with Crippen LogP contribution in [0.5, 0.6) is 0 Å². The maximum Gasteiger partial charge on any atom is 0.433 e. The van der Waals surface area contributed by atoms with Crippen LogP contribution < -0.4 is 5.32 Å². The van der Waals surface area contributed by atoms with Gasteiger partial charge in [0, 0.05) is 12.8 Å². The Bertz CT molecular complexity index is 159. The third-order valence-corrected chi connectivity index (χ3v) is 1.55. The van der Waals surface area contributed by atoms with Gasteiger partial charge in [0.1, 0.15) is 0 Å². The van der Waals surface area contributed by atoms with E-state index >= 15 is 0 Å². The molecule has 0 bridgehead atoms. The fourth-order valence-electron chi connectivity index (χ4n) is 0.400. The van der Waals surface area contributed by atoms with Gasteiger partial charge < -0.3 is 5.32 Å². The van der Waals surface area contributed by atoms with Crippen LogP contribution in [0.15, 0.2) is 5.16 Å². The smallest absolute Gasteiger partial charge is 0.323 e. The molecule has 0 aromatic rings. The Morgan fingerprint density at radius 2 is 2.36 bits per heavy atom. The zero-order valence-corrected chi connectivity index (χ0v) is 7.70. The molecule has 0 saturated carbocycles. The third kappa shape index (κ3) is 5.72. The number of carbonyl (C=O) groups is 1. The van der Waals surface area contributed by atoms with E-state index in [-0.39, 0.29) is 0 Å². The van der Waals surface area contributed by atoms with Gasteiger partial charge in [-0.25, -0.2) is 4.79 Å². The first-order valence-electron chi connectivity index (χ1n) is 3.11. The van der Waals surface area contributed by atoms with Crippen molar-refractivity contribution in [1.29, 1.82) is 0 Å². The number of hydrogen-bond acceptors (Lipinski definition) is 4. The van der Waals surface area contributed by atoms with E-state index < -0.39 is 6.09 Å². The summed E-state index contributed by atoms with van der Waals surface area (Å²) in [7, 11) is 1.49. The minimum atomic E-state index is -0.537. The highest BCUT2D eigenvalue weighted by molar-refractivity contribution is 7.99. The average molecular weight is 176 g/mol. The molecule has 0 spiro atoms. The van der Waals surface area contributed by atoms with Crippen molar-refractivity contribution >= 4 is 23.6 Å². The second-order valence-electron chi connectivity index (χ2n) is 1.89. The lowest BCUT2D eigenvalue weighted by atomic mass is 10.5. The van der Waals surface area contributed by atoms with E-state index in [1.54, 1.807) is 18.7 Å². The maximum atomic E-state index is 10.5. The quantitative estimate of drug-likeness (QED) is 0.397. The van der Waals surface area contributed by atoms with Gasteiger partial charge in [-0.1, -0.05) is 5.16 Å². The Balaban J connectivity index is 3.63. The largest absolute Gasteiger partial charge is 0.433 e. The summed E-state index contributed by atoms with van der Waals surface area (Å²) in [4.78, 5) is 14.9. The molecule has 5 heteroatoms. The first kappa shape index (κ1) is 10.3. The van der Waals surface area contributed by atoms with E-state index in [9.17, 15) is 4.79 Å². The van der Waals surface area contributed by atoms with Gasteiger partial charge >= 0.3 is 6.09 Å². The molecule has 0 heterocycles. The molecule has 0 aromatic heterocycles. The van der Waals surface area contributed by atoms with Gasteiger partial charge in [0.25, 0.3) is 0 Å². The minimum Gasteiger partial charge on any atom is -0.323 e. The minimum absolute atomic E-state index is 0.537. The molecule has 0 atom stereocenters. The zero-order chi connectivity index (χ0) is 8.69. The topological polar surface area (TPSA) is 50.7 Å². The Morgan fingerprint density at radius 3 is 2.82 bits per heavy atom. The van der Waals surface area contributed by atoms with Crippen molar-refractivity contribution in [2.45, 2.75) is 6.92 Å². The molecule has 1 amide bonds. The van der Waals surface area contributed by atoms with Crippen molar-refractivity contribution in [3.05, 3.63) is 0 Å². The second kappa shape index (κ2) is 6.03. The summed E-state index contributed by atoms with van der Waals surface area (Å²) in [5, 5.41) is 5.86. The van der Waals surface area contributed by atoms with Gasteiger partial charge in [-0.3, -0.25) is 4.84 Å². The van der Waals surface area contributed by atoms with E-state index in [4.69, 9.17) is 0 Å². The van der Waals surface area contributed by atoms with Crippen LogP contribution in [-0.4, -0.2) is 30.9 Å². The molecular weight excluding hydrogens is 164 g/mol. The SMILES string of the molecule is CNC(=O)O/N=C(\C)CSC. The van der Waals surface area contributed by atoms with Gasteiger partial charge in [-0.15, -0.1) is 0 Å². The maximum absolute atomic E-state index is 10.5. The van der Waals surface area contributed by atoms with Crippen molar-refractivity contribution < 1.29 is 9.63 Å². The number of nitrogens with zero attached hydrogens (tertiary/aromatic N) is 1. The predicted octanol–water partition coefficient (Wildman–Crippen LogP) is 1.08. The Labute approximate surface area is 70.4 Å². The van der Waals surface area contributed by atoms with Crippen LogP contribution in [0.1, 0.15) is 6.92 Å². The van der Waals surface area contributed by atoms with E-state index in [1.807, 2.05) is 6.26 Å². The van der Waals surface area contributed by atoms with E-state index in [0.29, 0.717) is 0 Å². The molecular formula is C6H12N2O2S. The number of hydrogen-bond donors (Lipinski definition) is 1. The van der Waals surface area contributed by atoms with Crippen LogP contribution >= 0.6 is 11.8 Å². The molecule has 0 aliphatic heterocycles. The van der Waals surface area contributed by atoms with Crippen molar-refractivity contribution in [3.8, 4) is 0 Å². The summed E-state index contributed by atoms with van der Waals surface area (Å²) in [5.41, 5.74) is 0.793. The van der Waals surface area contributed by atoms with Crippen LogP contribution in [0, 0.1) is 0 Å². The lowest BCUT2D eigenvalue weighted by molar-refractivity contribution is 0.153. The molecule has 11 heavy (non-hydrogen) atoms. The highest BCUT2D eigenvalue weighted by atomic mass is 32.2. The molecule has 0 fully saturated rings. The molecule has 0 aliphatic carbocycles. The standard InChI is InChI=1S/C6H12N2O2S/c1-5(4-11-3)8-10-6(9)7-2/h4H2,1-3H3,(H,7,9)/b8-5+. The first-order chi connectivity index (χ1) is 5.20. The van der Waals surface area contributed by atoms with Crippen LogP contribution in [0.2, 0.25) is 0 Å². The number of thioether (sulfide) groups is 1. The van der Waals surface area contributed by atoms with Crippen molar-refractivity contribution in [2.75, 3.05) is 19.1 Å². The first-order valence-corrected chi connectivity index (χ1v) is 4.51. The summed E-state index contributed by atoms with van der Waals surface area (Å²) in [6.07, 6.45) is 1.42. The van der Waals surface area contributed by atoms with Crippen LogP contribution in [0.25, 0.3) is 0 Å². The molecule has 1 N–H and O–H groups in total. The Kier molecular flexibility index (Phi) is 5.64. The number of carbonyl (C=O) groups excluding carboxylic acids is 1. The van der Waals surface area contributed by atoms with Crippen LogP contribution in [0.4, 0.5) is 4.79 Å². The Hall–Kier alpha value is -0.710. The van der Waals surface area contributed by atoms with Crippen molar-refractivity contribution in [3.63, 3.8) is 0 Å². The summed E-state index contributed by atoms with van der Waals surface area (Å²) in [6, 6.07) is 0. The fraction of sp³-hybridized carbons (Fsp3) is 0.667. The molecule has 0 saturated heterocycles. The summed E-state index contributed by atoms with van der Waals surface area (Å²) < 4.78 is 0. The fourth-order valence-corrected chi connectivity index (χ4v) is 0.871. The monoisotopic (exact) mass is 176 g/mol. The van der Waals surface area contributed by atoms with Gasteiger partial charge in [0.05, 0.1) is 5.71 Å². The van der Waals surface area contributed by atoms with E-state index in [2.05, 4.69) is 15.3 Å². The highest BCUT2D eigenvalue weighted by Crippen LogP contribution is 1.93. The predicted molar refractivity (Wildman–Crippen MR) is 47.0 cm³/mol. The van der Waals surface area contributed by atoms with Gasteiger partial charge in [-0.05, 0) is 13.2 Å². The van der Waals surface area contributed by atoms with Gasteiger partial charge in [0.2, 0.25) is 0 Å². The molecule has 64 valence electrons. The lowest BCUT2D eigenvalue weighted by Crippen LogP contribution is -2.17.